The van der Waals surface area contributed by atoms with Gasteiger partial charge in [-0.15, -0.1) is 0 Å². The second-order valence-corrected chi connectivity index (χ2v) is 2.60. The Morgan fingerprint density at radius 1 is 1.33 bits per heavy atom. The zero-order chi connectivity index (χ0) is 9.14. The highest BCUT2D eigenvalue weighted by atomic mass is 35.5. The van der Waals surface area contributed by atoms with Crippen LogP contribution in [-0.4, -0.2) is 0 Å². The minimum Gasteiger partial charge on any atom is -0.207 e. The second kappa shape index (κ2) is 3.51. The van der Waals surface area contributed by atoms with Crippen molar-refractivity contribution >= 4 is 11.6 Å². The van der Waals surface area contributed by atoms with Crippen molar-refractivity contribution in [2.45, 2.75) is 6.42 Å². The molecule has 0 spiro atoms. The second-order valence-electron chi connectivity index (χ2n) is 2.19. The SMILES string of the molecule is N#CCc1cc(F)c(Cl)cc1F. The van der Waals surface area contributed by atoms with Gasteiger partial charge < -0.3 is 0 Å². The summed E-state index contributed by atoms with van der Waals surface area (Å²) >= 11 is 5.29. The van der Waals surface area contributed by atoms with E-state index in [2.05, 4.69) is 0 Å². The fourth-order valence-corrected chi connectivity index (χ4v) is 0.935. The minimum absolute atomic E-state index is 0.0272. The van der Waals surface area contributed by atoms with Gasteiger partial charge in [0.15, 0.2) is 0 Å². The summed E-state index contributed by atoms with van der Waals surface area (Å²) in [5.41, 5.74) is 0.0272. The predicted molar refractivity (Wildman–Crippen MR) is 40.7 cm³/mol. The molecule has 62 valence electrons. The van der Waals surface area contributed by atoms with Crippen molar-refractivity contribution in [3.05, 3.63) is 34.4 Å². The summed E-state index contributed by atoms with van der Waals surface area (Å²) in [6.07, 6.45) is -0.153. The van der Waals surface area contributed by atoms with Gasteiger partial charge >= 0.3 is 0 Å². The van der Waals surface area contributed by atoms with Crippen molar-refractivity contribution in [1.82, 2.24) is 0 Å². The summed E-state index contributed by atoms with van der Waals surface area (Å²) in [6.45, 7) is 0. The molecule has 0 saturated heterocycles. The predicted octanol–water partition coefficient (Wildman–Crippen LogP) is 2.68. The van der Waals surface area contributed by atoms with Crippen molar-refractivity contribution in [2.24, 2.45) is 0 Å². The zero-order valence-corrected chi connectivity index (χ0v) is 6.70. The maximum absolute atomic E-state index is 12.8. The van der Waals surface area contributed by atoms with Crippen LogP contribution in [0.4, 0.5) is 8.78 Å². The Hall–Kier alpha value is -1.14. The lowest BCUT2D eigenvalue weighted by molar-refractivity contribution is 0.590. The molecule has 0 saturated carbocycles. The molecule has 0 N–H and O–H groups in total. The molecule has 1 aromatic carbocycles. The van der Waals surface area contributed by atoms with Crippen LogP contribution in [-0.2, 0) is 6.42 Å². The largest absolute Gasteiger partial charge is 0.207 e. The van der Waals surface area contributed by atoms with Gasteiger partial charge in [0.25, 0.3) is 0 Å². The first kappa shape index (κ1) is 8.95. The third-order valence-corrected chi connectivity index (χ3v) is 1.65. The number of benzene rings is 1. The third kappa shape index (κ3) is 1.72. The van der Waals surface area contributed by atoms with E-state index in [9.17, 15) is 8.78 Å². The summed E-state index contributed by atoms with van der Waals surface area (Å²) < 4.78 is 25.5. The monoisotopic (exact) mass is 187 g/mol. The molecule has 0 aliphatic heterocycles. The van der Waals surface area contributed by atoms with Crippen LogP contribution < -0.4 is 0 Å². The molecule has 0 aliphatic carbocycles. The molecule has 0 fully saturated rings. The molecule has 0 aliphatic rings. The molecule has 1 aromatic rings. The highest BCUT2D eigenvalue weighted by molar-refractivity contribution is 6.30. The molecule has 0 heterocycles. The minimum atomic E-state index is -0.705. The van der Waals surface area contributed by atoms with Crippen LogP contribution in [0.2, 0.25) is 5.02 Å². The van der Waals surface area contributed by atoms with Gasteiger partial charge in [0.05, 0.1) is 17.5 Å². The fourth-order valence-electron chi connectivity index (χ4n) is 0.784. The lowest BCUT2D eigenvalue weighted by Gasteiger charge is -1.99. The maximum atomic E-state index is 12.8. The molecule has 0 atom stereocenters. The molecule has 12 heavy (non-hydrogen) atoms. The van der Waals surface area contributed by atoms with Gasteiger partial charge in [0.1, 0.15) is 11.6 Å². The van der Waals surface area contributed by atoms with E-state index in [0.717, 1.165) is 12.1 Å². The summed E-state index contributed by atoms with van der Waals surface area (Å²) in [5.74, 6) is -1.36. The average molecular weight is 188 g/mol. The Labute approximate surface area is 73.2 Å². The van der Waals surface area contributed by atoms with E-state index in [1.165, 1.54) is 0 Å². The number of hydrogen-bond donors (Lipinski definition) is 0. The molecule has 0 unspecified atom stereocenters. The van der Waals surface area contributed by atoms with Crippen molar-refractivity contribution < 1.29 is 8.78 Å². The first-order valence-corrected chi connectivity index (χ1v) is 3.53. The van der Waals surface area contributed by atoms with E-state index >= 15 is 0 Å². The summed E-state index contributed by atoms with van der Waals surface area (Å²) in [4.78, 5) is 0. The average Bonchev–Trinajstić information content (AvgIpc) is 2.01. The Morgan fingerprint density at radius 3 is 2.58 bits per heavy atom. The third-order valence-electron chi connectivity index (χ3n) is 1.36. The van der Waals surface area contributed by atoms with Crippen molar-refractivity contribution in [2.75, 3.05) is 0 Å². The molecular weight excluding hydrogens is 184 g/mol. The van der Waals surface area contributed by atoms with Crippen LogP contribution in [0.1, 0.15) is 5.56 Å². The normalized spacial score (nSPS) is 9.50. The van der Waals surface area contributed by atoms with Crippen molar-refractivity contribution in [3.63, 3.8) is 0 Å². The standard InChI is InChI=1S/C8H4ClF2N/c9-6-4-7(10)5(1-2-12)3-8(6)11/h3-4H,1H2. The lowest BCUT2D eigenvalue weighted by Crippen LogP contribution is -1.91. The summed E-state index contributed by atoms with van der Waals surface area (Å²) in [5, 5.41) is 7.96. The van der Waals surface area contributed by atoms with Crippen LogP contribution in [0.5, 0.6) is 0 Å². The van der Waals surface area contributed by atoms with Gasteiger partial charge in [-0.3, -0.25) is 0 Å². The Balaban J connectivity index is 3.16. The van der Waals surface area contributed by atoms with Crippen LogP contribution in [0.25, 0.3) is 0 Å². The number of hydrogen-bond acceptors (Lipinski definition) is 1. The van der Waals surface area contributed by atoms with Crippen molar-refractivity contribution in [1.29, 1.82) is 5.26 Å². The number of nitrogens with zero attached hydrogens (tertiary/aromatic N) is 1. The number of nitriles is 1. The summed E-state index contributed by atoms with van der Waals surface area (Å²) in [6, 6.07) is 3.52. The van der Waals surface area contributed by atoms with E-state index in [-0.39, 0.29) is 17.0 Å². The molecule has 0 bridgehead atoms. The summed E-state index contributed by atoms with van der Waals surface area (Å²) in [7, 11) is 0. The highest BCUT2D eigenvalue weighted by Crippen LogP contribution is 2.19. The highest BCUT2D eigenvalue weighted by Gasteiger charge is 2.07. The van der Waals surface area contributed by atoms with E-state index < -0.39 is 11.6 Å². The van der Waals surface area contributed by atoms with Crippen LogP contribution in [0.15, 0.2) is 12.1 Å². The Morgan fingerprint density at radius 2 is 2.00 bits per heavy atom. The zero-order valence-electron chi connectivity index (χ0n) is 5.94. The molecule has 1 nitrogen and oxygen atoms in total. The molecule has 0 amide bonds. The van der Waals surface area contributed by atoms with E-state index in [4.69, 9.17) is 16.9 Å². The number of rotatable bonds is 1. The molecule has 0 radical (unpaired) electrons. The van der Waals surface area contributed by atoms with E-state index in [0.29, 0.717) is 0 Å². The van der Waals surface area contributed by atoms with Crippen LogP contribution in [0, 0.1) is 23.0 Å². The van der Waals surface area contributed by atoms with Gasteiger partial charge in [-0.05, 0) is 12.1 Å². The van der Waals surface area contributed by atoms with Gasteiger partial charge in [-0.25, -0.2) is 8.78 Å². The van der Waals surface area contributed by atoms with Gasteiger partial charge in [0, 0.05) is 5.56 Å². The van der Waals surface area contributed by atoms with Gasteiger partial charge in [0.2, 0.25) is 0 Å². The molecule has 4 heteroatoms. The quantitative estimate of drug-likeness (QED) is 0.620. The topological polar surface area (TPSA) is 23.8 Å². The van der Waals surface area contributed by atoms with Crippen molar-refractivity contribution in [3.8, 4) is 6.07 Å². The molecule has 1 rings (SSSR count). The first-order valence-electron chi connectivity index (χ1n) is 3.15. The van der Waals surface area contributed by atoms with Gasteiger partial charge in [-0.1, -0.05) is 11.6 Å². The Kier molecular flexibility index (Phi) is 2.61. The number of halogens is 3. The van der Waals surface area contributed by atoms with Crippen LogP contribution in [0.3, 0.4) is 0 Å². The molecule has 0 aromatic heterocycles. The maximum Gasteiger partial charge on any atom is 0.142 e. The molecular formula is C8H4ClF2N. The fraction of sp³-hybridized carbons (Fsp3) is 0.125. The smallest absolute Gasteiger partial charge is 0.142 e. The van der Waals surface area contributed by atoms with E-state index in [1.54, 1.807) is 6.07 Å². The Bertz CT molecular complexity index is 344. The van der Waals surface area contributed by atoms with E-state index in [1.807, 2.05) is 0 Å². The lowest BCUT2D eigenvalue weighted by atomic mass is 10.1. The first-order chi connectivity index (χ1) is 5.65. The van der Waals surface area contributed by atoms with Crippen LogP contribution >= 0.6 is 11.6 Å². The van der Waals surface area contributed by atoms with Gasteiger partial charge in [-0.2, -0.15) is 5.26 Å².